The van der Waals surface area contributed by atoms with Crippen LogP contribution < -0.4 is 21.8 Å². The van der Waals surface area contributed by atoms with E-state index in [9.17, 15) is 14.4 Å². The predicted molar refractivity (Wildman–Crippen MR) is 129 cm³/mol. The monoisotopic (exact) mass is 468 g/mol. The number of likely N-dealkylation sites (tertiary alicyclic amines) is 1. The van der Waals surface area contributed by atoms with Crippen molar-refractivity contribution in [2.45, 2.75) is 18.5 Å². The first-order valence-corrected chi connectivity index (χ1v) is 11.1. The molecular weight excluding hydrogens is 436 g/mol. The van der Waals surface area contributed by atoms with Gasteiger partial charge in [0.1, 0.15) is 6.04 Å². The van der Waals surface area contributed by atoms with Gasteiger partial charge in [0.15, 0.2) is 0 Å². The fraction of sp³-hybridized carbons (Fsp3) is 0.375. The predicted octanol–water partition coefficient (Wildman–Crippen LogP) is 0.491. The Labute approximate surface area is 199 Å². The van der Waals surface area contributed by atoms with Gasteiger partial charge in [0.05, 0.1) is 6.54 Å². The molecule has 0 aliphatic carbocycles. The summed E-state index contributed by atoms with van der Waals surface area (Å²) in [5.74, 6) is -1.29. The number of carbonyl (C=O) groups is 3. The van der Waals surface area contributed by atoms with E-state index in [1.165, 1.54) is 5.48 Å². The van der Waals surface area contributed by atoms with Crippen molar-refractivity contribution in [2.24, 2.45) is 5.73 Å². The standard InChI is InChI=1S/C24H32N6O4/c1-29(2)20-11-12-30(14-20)15-22(31)26-19-9-7-17(8-10-19)16-3-5-18(6-4-16)23(32)27-21(13-25)24(33)28-34/h3-10,20-21,34H,11-15,25H2,1-2H3,(H,26,31)(H,27,32)(H,28,33)/t20-,21+/m1/s1. The number of benzene rings is 2. The average molecular weight is 469 g/mol. The van der Waals surface area contributed by atoms with E-state index in [0.717, 1.165) is 36.3 Å². The van der Waals surface area contributed by atoms with Crippen molar-refractivity contribution in [3.05, 3.63) is 54.1 Å². The van der Waals surface area contributed by atoms with Crippen molar-refractivity contribution in [3.63, 3.8) is 0 Å². The molecule has 1 saturated heterocycles. The molecule has 0 bridgehead atoms. The summed E-state index contributed by atoms with van der Waals surface area (Å²) in [6, 6.07) is 13.8. The Morgan fingerprint density at radius 2 is 1.71 bits per heavy atom. The second kappa shape index (κ2) is 11.7. The number of amides is 3. The highest BCUT2D eigenvalue weighted by atomic mass is 16.5. The molecule has 2 aromatic carbocycles. The lowest BCUT2D eigenvalue weighted by Gasteiger charge is -2.20. The first kappa shape index (κ1) is 25.3. The van der Waals surface area contributed by atoms with Crippen molar-refractivity contribution >= 4 is 23.4 Å². The molecule has 3 rings (SSSR count). The van der Waals surface area contributed by atoms with Crippen LogP contribution in [-0.4, -0.2) is 85.1 Å². The van der Waals surface area contributed by atoms with Crippen LogP contribution in [0.3, 0.4) is 0 Å². The second-order valence-corrected chi connectivity index (χ2v) is 8.58. The molecule has 1 fully saturated rings. The highest BCUT2D eigenvalue weighted by molar-refractivity contribution is 5.98. The Bertz CT molecular complexity index is 994. The molecule has 0 saturated carbocycles. The number of nitrogens with zero attached hydrogens (tertiary/aromatic N) is 2. The number of anilines is 1. The molecule has 6 N–H and O–H groups in total. The van der Waals surface area contributed by atoms with Crippen molar-refractivity contribution in [2.75, 3.05) is 45.6 Å². The zero-order chi connectivity index (χ0) is 24.7. The first-order chi connectivity index (χ1) is 16.3. The van der Waals surface area contributed by atoms with Crippen LogP contribution >= 0.6 is 0 Å². The van der Waals surface area contributed by atoms with E-state index in [0.29, 0.717) is 18.2 Å². The van der Waals surface area contributed by atoms with Gasteiger partial charge in [-0.3, -0.25) is 24.5 Å². The molecule has 10 heteroatoms. The molecule has 2 atom stereocenters. The maximum absolute atomic E-state index is 12.4. The van der Waals surface area contributed by atoms with Crippen LogP contribution in [0, 0.1) is 0 Å². The summed E-state index contributed by atoms with van der Waals surface area (Å²) in [6.07, 6.45) is 1.07. The van der Waals surface area contributed by atoms with Crippen LogP contribution in [0.2, 0.25) is 0 Å². The van der Waals surface area contributed by atoms with Crippen LogP contribution in [0.4, 0.5) is 5.69 Å². The normalized spacial score (nSPS) is 16.8. The summed E-state index contributed by atoms with van der Waals surface area (Å²) in [5.41, 5.74) is 9.84. The highest BCUT2D eigenvalue weighted by Gasteiger charge is 2.25. The molecule has 0 radical (unpaired) electrons. The third-order valence-electron chi connectivity index (χ3n) is 5.96. The van der Waals surface area contributed by atoms with Gasteiger partial charge in [-0.15, -0.1) is 0 Å². The lowest BCUT2D eigenvalue weighted by atomic mass is 10.0. The molecular formula is C24H32N6O4. The van der Waals surface area contributed by atoms with Gasteiger partial charge in [-0.25, -0.2) is 5.48 Å². The molecule has 1 aliphatic rings. The van der Waals surface area contributed by atoms with E-state index < -0.39 is 17.9 Å². The zero-order valence-electron chi connectivity index (χ0n) is 19.5. The zero-order valence-corrected chi connectivity index (χ0v) is 19.5. The number of rotatable bonds is 9. The summed E-state index contributed by atoms with van der Waals surface area (Å²) >= 11 is 0. The fourth-order valence-electron chi connectivity index (χ4n) is 3.89. The first-order valence-electron chi connectivity index (χ1n) is 11.1. The molecule has 2 aromatic rings. The maximum atomic E-state index is 12.4. The SMILES string of the molecule is CN(C)[C@@H]1CCN(CC(=O)Nc2ccc(-c3ccc(C(=O)N[C@@H](CN)C(=O)NO)cc3)cc2)C1. The van der Waals surface area contributed by atoms with Crippen LogP contribution in [0.1, 0.15) is 16.8 Å². The molecule has 1 heterocycles. The van der Waals surface area contributed by atoms with Crippen molar-refractivity contribution < 1.29 is 19.6 Å². The van der Waals surface area contributed by atoms with Crippen LogP contribution in [-0.2, 0) is 9.59 Å². The summed E-state index contributed by atoms with van der Waals surface area (Å²) in [7, 11) is 4.13. The number of nitrogens with one attached hydrogen (secondary N) is 3. The van der Waals surface area contributed by atoms with Gasteiger partial charge in [0.25, 0.3) is 11.8 Å². The van der Waals surface area contributed by atoms with Crippen LogP contribution in [0.5, 0.6) is 0 Å². The average Bonchev–Trinajstić information content (AvgIpc) is 3.31. The molecule has 0 spiro atoms. The third kappa shape index (κ3) is 6.61. The van der Waals surface area contributed by atoms with E-state index in [4.69, 9.17) is 10.9 Å². The number of nitrogens with two attached hydrogens (primary N) is 1. The highest BCUT2D eigenvalue weighted by Crippen LogP contribution is 2.22. The molecule has 0 aromatic heterocycles. The maximum Gasteiger partial charge on any atom is 0.267 e. The van der Waals surface area contributed by atoms with Gasteiger partial charge < -0.3 is 21.3 Å². The van der Waals surface area contributed by atoms with Crippen molar-refractivity contribution in [1.82, 2.24) is 20.6 Å². The van der Waals surface area contributed by atoms with Crippen molar-refractivity contribution in [3.8, 4) is 11.1 Å². The lowest BCUT2D eigenvalue weighted by molar-refractivity contribution is -0.130. The second-order valence-electron chi connectivity index (χ2n) is 8.58. The van der Waals surface area contributed by atoms with E-state index in [1.54, 1.807) is 24.3 Å². The summed E-state index contributed by atoms with van der Waals surface area (Å²) in [6.45, 7) is 2.05. The van der Waals surface area contributed by atoms with Crippen LogP contribution in [0.25, 0.3) is 11.1 Å². The Kier molecular flexibility index (Phi) is 8.72. The molecule has 0 unspecified atom stereocenters. The molecule has 3 amide bonds. The fourth-order valence-corrected chi connectivity index (χ4v) is 3.89. The molecule has 34 heavy (non-hydrogen) atoms. The van der Waals surface area contributed by atoms with Gasteiger partial charge >= 0.3 is 0 Å². The summed E-state index contributed by atoms with van der Waals surface area (Å²) in [5, 5.41) is 14.1. The number of carbonyl (C=O) groups excluding carboxylic acids is 3. The third-order valence-corrected chi connectivity index (χ3v) is 5.96. The minimum atomic E-state index is -1.03. The Hall–Kier alpha value is -3.31. The summed E-state index contributed by atoms with van der Waals surface area (Å²) < 4.78 is 0. The minimum Gasteiger partial charge on any atom is -0.339 e. The summed E-state index contributed by atoms with van der Waals surface area (Å²) in [4.78, 5) is 40.6. The number of hydrogen-bond acceptors (Lipinski definition) is 7. The van der Waals surface area contributed by atoms with Gasteiger partial charge in [-0.2, -0.15) is 0 Å². The number of hydroxylamine groups is 1. The van der Waals surface area contributed by atoms with E-state index >= 15 is 0 Å². The largest absolute Gasteiger partial charge is 0.339 e. The Balaban J connectivity index is 1.54. The Morgan fingerprint density at radius 1 is 1.09 bits per heavy atom. The minimum absolute atomic E-state index is 0.0341. The van der Waals surface area contributed by atoms with Crippen LogP contribution in [0.15, 0.2) is 48.5 Å². The van der Waals surface area contributed by atoms with E-state index in [1.807, 2.05) is 24.3 Å². The quantitative estimate of drug-likeness (QED) is 0.267. The molecule has 182 valence electrons. The molecule has 1 aliphatic heterocycles. The number of hydrogen-bond donors (Lipinski definition) is 5. The van der Waals surface area contributed by atoms with E-state index in [-0.39, 0.29) is 12.5 Å². The van der Waals surface area contributed by atoms with Gasteiger partial charge in [0, 0.05) is 36.9 Å². The van der Waals surface area contributed by atoms with Gasteiger partial charge in [-0.1, -0.05) is 24.3 Å². The number of likely N-dealkylation sites (N-methyl/N-ethyl adjacent to an activating group) is 1. The van der Waals surface area contributed by atoms with Gasteiger partial charge in [-0.05, 0) is 55.9 Å². The lowest BCUT2D eigenvalue weighted by Crippen LogP contribution is -2.50. The van der Waals surface area contributed by atoms with Crippen molar-refractivity contribution in [1.29, 1.82) is 0 Å². The topological polar surface area (TPSA) is 140 Å². The molecule has 10 nitrogen and oxygen atoms in total. The smallest absolute Gasteiger partial charge is 0.267 e. The Morgan fingerprint density at radius 3 is 2.24 bits per heavy atom. The van der Waals surface area contributed by atoms with E-state index in [2.05, 4.69) is 34.5 Å². The van der Waals surface area contributed by atoms with Gasteiger partial charge in [0.2, 0.25) is 5.91 Å².